The number of nitrogens with zero attached hydrogens (tertiary/aromatic N) is 1. The second-order valence-corrected chi connectivity index (χ2v) is 7.09. The van der Waals surface area contributed by atoms with Gasteiger partial charge in [-0.15, -0.1) is 10.1 Å². The summed E-state index contributed by atoms with van der Waals surface area (Å²) in [5.41, 5.74) is -0.203. The number of aryl methyl sites for hydroxylation is 1. The maximum Gasteiger partial charge on any atom is 0.511 e. The Hall–Kier alpha value is -3.03. The van der Waals surface area contributed by atoms with Crippen LogP contribution in [0.2, 0.25) is 0 Å². The number of hydrogen-bond acceptors (Lipinski definition) is 9. The van der Waals surface area contributed by atoms with Gasteiger partial charge < -0.3 is 23.8 Å². The predicted molar refractivity (Wildman–Crippen MR) is 98.3 cm³/mol. The van der Waals surface area contributed by atoms with E-state index in [9.17, 15) is 32.9 Å². The van der Waals surface area contributed by atoms with Crippen molar-refractivity contribution in [3.63, 3.8) is 0 Å². The van der Waals surface area contributed by atoms with Crippen LogP contribution in [0.15, 0.2) is 22.2 Å². The van der Waals surface area contributed by atoms with Crippen molar-refractivity contribution in [3.05, 3.63) is 43.4 Å². The van der Waals surface area contributed by atoms with Gasteiger partial charge in [0.25, 0.3) is 5.09 Å². The first kappa shape index (κ1) is 24.2. The number of carbonyl (C=O) groups excluding carboxylic acids is 2. The summed E-state index contributed by atoms with van der Waals surface area (Å²) in [4.78, 5) is 37.8. The molecule has 1 aliphatic rings. The summed E-state index contributed by atoms with van der Waals surface area (Å²) in [7, 11) is 0. The number of rotatable bonds is 7. The Morgan fingerprint density at radius 3 is 2.58 bits per heavy atom. The first-order valence-corrected chi connectivity index (χ1v) is 9.20. The summed E-state index contributed by atoms with van der Waals surface area (Å²) in [5, 5.41) is 9.03. The third-order valence-corrected chi connectivity index (χ3v) is 4.16. The van der Waals surface area contributed by atoms with Crippen molar-refractivity contribution in [1.82, 2.24) is 0 Å². The second kappa shape index (κ2) is 9.85. The minimum absolute atomic E-state index is 0.0343. The lowest BCUT2D eigenvalue weighted by molar-refractivity contribution is -0.767. The van der Waals surface area contributed by atoms with Crippen molar-refractivity contribution < 1.29 is 51.6 Å². The molecule has 1 heterocycles. The van der Waals surface area contributed by atoms with Crippen LogP contribution in [0.4, 0.5) is 18.0 Å². The molecule has 14 heteroatoms. The van der Waals surface area contributed by atoms with E-state index in [1.165, 1.54) is 13.0 Å². The Kier molecular flexibility index (Phi) is 7.70. The van der Waals surface area contributed by atoms with Gasteiger partial charge in [0.1, 0.15) is 18.5 Å². The van der Waals surface area contributed by atoms with Crippen molar-refractivity contribution in [1.29, 1.82) is 0 Å². The molecule has 0 spiro atoms. The largest absolute Gasteiger partial charge is 0.511 e. The normalized spacial score (nSPS) is 16.2. The fraction of sp³-hybridized carbons (Fsp3) is 0.412. The zero-order valence-electron chi connectivity index (χ0n) is 15.9. The molecule has 2 rings (SSSR count). The third-order valence-electron chi connectivity index (χ3n) is 3.70. The monoisotopic (exact) mass is 513 g/mol. The number of esters is 1. The number of ether oxygens (including phenoxy) is 4. The molecule has 0 N–H and O–H groups in total. The molecule has 0 saturated heterocycles. The third kappa shape index (κ3) is 6.73. The van der Waals surface area contributed by atoms with Gasteiger partial charge in [0.2, 0.25) is 12.9 Å². The summed E-state index contributed by atoms with van der Waals surface area (Å²) in [5.74, 6) is -1.46. The van der Waals surface area contributed by atoms with Crippen LogP contribution in [0.25, 0.3) is 6.08 Å². The van der Waals surface area contributed by atoms with Crippen molar-refractivity contribution >= 4 is 34.1 Å². The Balaban J connectivity index is 2.02. The van der Waals surface area contributed by atoms with Crippen LogP contribution in [-0.4, -0.2) is 49.0 Å². The minimum Gasteiger partial charge on any atom is -0.475 e. The fourth-order valence-corrected chi connectivity index (χ4v) is 3.07. The van der Waals surface area contributed by atoms with E-state index >= 15 is 0 Å². The molecule has 1 unspecified atom stereocenters. The summed E-state index contributed by atoms with van der Waals surface area (Å²) >= 11 is 3.21. The molecule has 10 nitrogen and oxygen atoms in total. The molecule has 170 valence electrons. The standard InChI is InChI=1S/C17H15BrF3NO9/c1-8-3-11(18)4-10-5-12(14(17(19,20)21)30-13(8)10)15(23)28-7-29-16(24)27-6-9(2)31-22(25)26/h3-5,9,14H,6-7H2,1-2H3/t9-,14?/m0/s1. The molecule has 31 heavy (non-hydrogen) atoms. The van der Waals surface area contributed by atoms with Gasteiger partial charge in [0.15, 0.2) is 0 Å². The molecule has 0 radical (unpaired) electrons. The quantitative estimate of drug-likeness (QED) is 0.232. The molecular formula is C17H15BrF3NO9. The molecule has 1 aliphatic heterocycles. The molecule has 1 aromatic carbocycles. The maximum absolute atomic E-state index is 13.4. The van der Waals surface area contributed by atoms with Crippen molar-refractivity contribution in [2.45, 2.75) is 32.2 Å². The molecule has 2 atom stereocenters. The molecule has 0 aromatic heterocycles. The molecule has 0 fully saturated rings. The Bertz CT molecular complexity index is 904. The van der Waals surface area contributed by atoms with Gasteiger partial charge >= 0.3 is 18.3 Å². The van der Waals surface area contributed by atoms with Crippen LogP contribution in [0.5, 0.6) is 5.75 Å². The van der Waals surface area contributed by atoms with Crippen LogP contribution in [0, 0.1) is 17.0 Å². The number of halogens is 4. The lowest BCUT2D eigenvalue weighted by atomic mass is 9.99. The second-order valence-electron chi connectivity index (χ2n) is 6.17. The van der Waals surface area contributed by atoms with E-state index in [0.717, 1.165) is 6.08 Å². The molecule has 0 saturated carbocycles. The summed E-state index contributed by atoms with van der Waals surface area (Å²) < 4.78 is 59.3. The smallest absolute Gasteiger partial charge is 0.475 e. The maximum atomic E-state index is 13.4. The molecule has 0 amide bonds. The van der Waals surface area contributed by atoms with E-state index in [4.69, 9.17) is 4.74 Å². The minimum atomic E-state index is -4.92. The van der Waals surface area contributed by atoms with E-state index < -0.39 is 54.6 Å². The number of fused-ring (bicyclic) bond motifs is 1. The number of carbonyl (C=O) groups is 2. The van der Waals surface area contributed by atoms with Gasteiger partial charge in [0, 0.05) is 10.0 Å². The lowest BCUT2D eigenvalue weighted by Gasteiger charge is -2.28. The van der Waals surface area contributed by atoms with Crippen molar-refractivity contribution in [3.8, 4) is 5.75 Å². The highest BCUT2D eigenvalue weighted by molar-refractivity contribution is 9.10. The van der Waals surface area contributed by atoms with Crippen LogP contribution >= 0.6 is 15.9 Å². The first-order chi connectivity index (χ1) is 14.4. The predicted octanol–water partition coefficient (Wildman–Crippen LogP) is 3.71. The number of hydrogen-bond donors (Lipinski definition) is 0. The van der Waals surface area contributed by atoms with E-state index in [2.05, 4.69) is 35.0 Å². The van der Waals surface area contributed by atoms with Gasteiger partial charge in [-0.05, 0) is 37.6 Å². The van der Waals surface area contributed by atoms with Crippen LogP contribution in [0.3, 0.4) is 0 Å². The molecular weight excluding hydrogens is 499 g/mol. The van der Waals surface area contributed by atoms with Crippen LogP contribution in [0.1, 0.15) is 18.1 Å². The fourth-order valence-electron chi connectivity index (χ4n) is 2.48. The van der Waals surface area contributed by atoms with Crippen LogP contribution < -0.4 is 4.74 Å². The van der Waals surface area contributed by atoms with Gasteiger partial charge in [0.05, 0.1) is 5.57 Å². The SMILES string of the molecule is Cc1cc(Br)cc2c1OC(C(F)(F)F)C(C(=O)OCOC(=O)OC[C@H](C)O[N+](=O)[O-])=C2. The average Bonchev–Trinajstić information content (AvgIpc) is 2.63. The Morgan fingerprint density at radius 1 is 1.29 bits per heavy atom. The molecule has 0 aliphatic carbocycles. The van der Waals surface area contributed by atoms with Crippen LogP contribution in [-0.2, 0) is 23.8 Å². The van der Waals surface area contributed by atoms with E-state index in [0.29, 0.717) is 10.0 Å². The lowest BCUT2D eigenvalue weighted by Crippen LogP contribution is -2.41. The Labute approximate surface area is 181 Å². The molecule has 0 bridgehead atoms. The van der Waals surface area contributed by atoms with Gasteiger partial charge in [-0.1, -0.05) is 15.9 Å². The molecule has 1 aromatic rings. The van der Waals surface area contributed by atoms with Crippen molar-refractivity contribution in [2.24, 2.45) is 0 Å². The highest BCUT2D eigenvalue weighted by Crippen LogP contribution is 2.40. The highest BCUT2D eigenvalue weighted by Gasteiger charge is 2.49. The topological polar surface area (TPSA) is 123 Å². The summed E-state index contributed by atoms with van der Waals surface area (Å²) in [6.07, 6.45) is -9.00. The van der Waals surface area contributed by atoms with E-state index in [-0.39, 0.29) is 11.3 Å². The summed E-state index contributed by atoms with van der Waals surface area (Å²) in [6, 6.07) is 3.02. The average molecular weight is 514 g/mol. The van der Waals surface area contributed by atoms with Gasteiger partial charge in [-0.2, -0.15) is 13.2 Å². The zero-order valence-corrected chi connectivity index (χ0v) is 17.5. The number of benzene rings is 1. The summed E-state index contributed by atoms with van der Waals surface area (Å²) in [6.45, 7) is 1.17. The van der Waals surface area contributed by atoms with Crippen molar-refractivity contribution in [2.75, 3.05) is 13.4 Å². The highest BCUT2D eigenvalue weighted by atomic mass is 79.9. The van der Waals surface area contributed by atoms with Gasteiger partial charge in [-0.25, -0.2) is 9.59 Å². The van der Waals surface area contributed by atoms with E-state index in [1.807, 2.05) is 0 Å². The zero-order chi connectivity index (χ0) is 23.3. The number of alkyl halides is 3. The first-order valence-electron chi connectivity index (χ1n) is 8.41. The Morgan fingerprint density at radius 2 is 1.97 bits per heavy atom. The van der Waals surface area contributed by atoms with Gasteiger partial charge in [-0.3, -0.25) is 0 Å². The van der Waals surface area contributed by atoms with E-state index in [1.54, 1.807) is 13.0 Å².